The zero-order chi connectivity index (χ0) is 12.0. The number of hydrogen-bond donors (Lipinski definition) is 1. The molecule has 0 bridgehead atoms. The van der Waals surface area contributed by atoms with Crippen molar-refractivity contribution < 1.29 is 19.4 Å². The molecule has 1 aromatic rings. The fraction of sp³-hybridized carbons (Fsp3) is 0.364. The van der Waals surface area contributed by atoms with Crippen LogP contribution in [0.25, 0.3) is 0 Å². The van der Waals surface area contributed by atoms with Crippen LogP contribution in [0.1, 0.15) is 12.8 Å². The van der Waals surface area contributed by atoms with Gasteiger partial charge in [0.25, 0.3) is 0 Å². The maximum Gasteiger partial charge on any atom is 0.303 e. The molecule has 0 aromatic heterocycles. The molecule has 16 heavy (non-hydrogen) atoms. The Bertz CT molecular complexity index is 365. The summed E-state index contributed by atoms with van der Waals surface area (Å²) in [6.45, 7) is 0.386. The zero-order valence-electron chi connectivity index (χ0n) is 8.90. The Balaban J connectivity index is 2.45. The van der Waals surface area contributed by atoms with Crippen LogP contribution in [0, 0.1) is 0 Å². The molecule has 0 spiro atoms. The van der Waals surface area contributed by atoms with Crippen molar-refractivity contribution in [3.05, 3.63) is 22.7 Å². The average molecular weight is 289 g/mol. The third-order valence-corrected chi connectivity index (χ3v) is 2.58. The van der Waals surface area contributed by atoms with E-state index in [0.717, 1.165) is 4.47 Å². The zero-order valence-corrected chi connectivity index (χ0v) is 10.5. The fourth-order valence-corrected chi connectivity index (χ4v) is 1.55. The molecule has 4 nitrogen and oxygen atoms in total. The number of carboxylic acid groups (broad SMARTS) is 1. The average Bonchev–Trinajstić information content (AvgIpc) is 2.26. The number of carbonyl (C=O) groups is 1. The van der Waals surface area contributed by atoms with Crippen molar-refractivity contribution in [2.24, 2.45) is 0 Å². The molecule has 0 aliphatic rings. The van der Waals surface area contributed by atoms with E-state index in [9.17, 15) is 4.79 Å². The van der Waals surface area contributed by atoms with E-state index >= 15 is 0 Å². The van der Waals surface area contributed by atoms with Gasteiger partial charge >= 0.3 is 5.97 Å². The first-order chi connectivity index (χ1) is 7.63. The van der Waals surface area contributed by atoms with Crippen molar-refractivity contribution >= 4 is 21.9 Å². The highest BCUT2D eigenvalue weighted by molar-refractivity contribution is 9.10. The van der Waals surface area contributed by atoms with Crippen molar-refractivity contribution in [2.45, 2.75) is 12.8 Å². The third-order valence-electron chi connectivity index (χ3n) is 1.93. The lowest BCUT2D eigenvalue weighted by Gasteiger charge is -2.08. The highest BCUT2D eigenvalue weighted by Gasteiger charge is 2.03. The summed E-state index contributed by atoms with van der Waals surface area (Å²) in [6, 6.07) is 5.38. The second kappa shape index (κ2) is 6.37. The predicted molar refractivity (Wildman–Crippen MR) is 63.1 cm³/mol. The van der Waals surface area contributed by atoms with E-state index in [1.54, 1.807) is 19.2 Å². The number of rotatable bonds is 6. The molecule has 0 saturated heterocycles. The molecule has 1 N–H and O–H groups in total. The van der Waals surface area contributed by atoms with Crippen molar-refractivity contribution in [3.63, 3.8) is 0 Å². The minimum absolute atomic E-state index is 0.119. The highest BCUT2D eigenvalue weighted by Crippen LogP contribution is 2.28. The molecule has 0 fully saturated rings. The molecular weight excluding hydrogens is 276 g/mol. The van der Waals surface area contributed by atoms with E-state index in [0.29, 0.717) is 24.5 Å². The molecule has 0 saturated carbocycles. The van der Waals surface area contributed by atoms with E-state index in [2.05, 4.69) is 15.9 Å². The largest absolute Gasteiger partial charge is 0.495 e. The first-order valence-corrected chi connectivity index (χ1v) is 5.61. The second-order valence-electron chi connectivity index (χ2n) is 3.14. The summed E-state index contributed by atoms with van der Waals surface area (Å²) in [7, 11) is 1.58. The Morgan fingerprint density at radius 2 is 2.25 bits per heavy atom. The minimum atomic E-state index is -0.808. The molecule has 0 aliphatic heterocycles. The molecule has 5 heteroatoms. The number of ether oxygens (including phenoxy) is 2. The standard InChI is InChI=1S/C11H13BrO4/c1-15-10-7-8(4-5-9(10)12)16-6-2-3-11(13)14/h4-5,7H,2-3,6H2,1H3,(H,13,14). The summed E-state index contributed by atoms with van der Waals surface area (Å²) < 4.78 is 11.4. The van der Waals surface area contributed by atoms with Crippen molar-refractivity contribution in [3.8, 4) is 11.5 Å². The number of aliphatic carboxylic acids is 1. The second-order valence-corrected chi connectivity index (χ2v) is 4.00. The van der Waals surface area contributed by atoms with E-state index in [1.807, 2.05) is 6.07 Å². The summed E-state index contributed by atoms with van der Waals surface area (Å²) in [4.78, 5) is 10.3. The molecule has 88 valence electrons. The van der Waals surface area contributed by atoms with Crippen LogP contribution in [0.15, 0.2) is 22.7 Å². The van der Waals surface area contributed by atoms with Crippen molar-refractivity contribution in [1.29, 1.82) is 0 Å². The van der Waals surface area contributed by atoms with Gasteiger partial charge in [0, 0.05) is 12.5 Å². The van der Waals surface area contributed by atoms with Gasteiger partial charge in [0.2, 0.25) is 0 Å². The van der Waals surface area contributed by atoms with Crippen LogP contribution < -0.4 is 9.47 Å². The fourth-order valence-electron chi connectivity index (χ4n) is 1.14. The monoisotopic (exact) mass is 288 g/mol. The Morgan fingerprint density at radius 1 is 1.50 bits per heavy atom. The van der Waals surface area contributed by atoms with Crippen LogP contribution >= 0.6 is 15.9 Å². The van der Waals surface area contributed by atoms with Gasteiger partial charge in [-0.2, -0.15) is 0 Å². The summed E-state index contributed by atoms with van der Waals surface area (Å²) >= 11 is 3.33. The Morgan fingerprint density at radius 3 is 2.88 bits per heavy atom. The quantitative estimate of drug-likeness (QED) is 0.818. The lowest BCUT2D eigenvalue weighted by molar-refractivity contribution is -0.137. The van der Waals surface area contributed by atoms with E-state index in [1.165, 1.54) is 0 Å². The Kier molecular flexibility index (Phi) is 5.11. The first-order valence-electron chi connectivity index (χ1n) is 4.81. The van der Waals surface area contributed by atoms with Gasteiger partial charge in [0.05, 0.1) is 18.2 Å². The minimum Gasteiger partial charge on any atom is -0.495 e. The highest BCUT2D eigenvalue weighted by atomic mass is 79.9. The summed E-state index contributed by atoms with van der Waals surface area (Å²) in [5, 5.41) is 8.45. The molecule has 1 aromatic carbocycles. The first kappa shape index (κ1) is 12.8. The number of carboxylic acids is 1. The van der Waals surface area contributed by atoms with Gasteiger partial charge in [0.15, 0.2) is 0 Å². The maximum atomic E-state index is 10.3. The summed E-state index contributed by atoms with van der Waals surface area (Å²) in [5.74, 6) is 0.554. The van der Waals surface area contributed by atoms with Gasteiger partial charge in [-0.3, -0.25) is 4.79 Å². The molecule has 0 atom stereocenters. The lowest BCUT2D eigenvalue weighted by Crippen LogP contribution is -2.02. The van der Waals surface area contributed by atoms with Crippen LogP contribution in [0.3, 0.4) is 0 Å². The topological polar surface area (TPSA) is 55.8 Å². The number of methoxy groups -OCH3 is 1. The maximum absolute atomic E-state index is 10.3. The summed E-state index contributed by atoms with van der Waals surface area (Å²) in [5.41, 5.74) is 0. The van der Waals surface area contributed by atoms with E-state index in [-0.39, 0.29) is 6.42 Å². The molecule has 0 amide bonds. The van der Waals surface area contributed by atoms with Gasteiger partial charge in [-0.25, -0.2) is 0 Å². The van der Waals surface area contributed by atoms with Crippen LogP contribution in [0.2, 0.25) is 0 Å². The smallest absolute Gasteiger partial charge is 0.303 e. The molecule has 0 aliphatic carbocycles. The number of benzene rings is 1. The Labute approximate surface area is 102 Å². The van der Waals surface area contributed by atoms with Crippen LogP contribution in [-0.4, -0.2) is 24.8 Å². The van der Waals surface area contributed by atoms with Gasteiger partial charge in [-0.05, 0) is 34.5 Å². The van der Waals surface area contributed by atoms with Gasteiger partial charge in [-0.1, -0.05) is 0 Å². The van der Waals surface area contributed by atoms with Crippen LogP contribution in [0.5, 0.6) is 11.5 Å². The molecule has 0 radical (unpaired) electrons. The van der Waals surface area contributed by atoms with Crippen LogP contribution in [0.4, 0.5) is 0 Å². The van der Waals surface area contributed by atoms with Crippen molar-refractivity contribution in [2.75, 3.05) is 13.7 Å². The van der Waals surface area contributed by atoms with Gasteiger partial charge < -0.3 is 14.6 Å². The van der Waals surface area contributed by atoms with E-state index in [4.69, 9.17) is 14.6 Å². The van der Waals surface area contributed by atoms with Crippen LogP contribution in [-0.2, 0) is 4.79 Å². The molecule has 0 heterocycles. The number of halogens is 1. The van der Waals surface area contributed by atoms with Crippen molar-refractivity contribution in [1.82, 2.24) is 0 Å². The van der Waals surface area contributed by atoms with E-state index < -0.39 is 5.97 Å². The molecule has 1 rings (SSSR count). The normalized spacial score (nSPS) is 9.88. The number of hydrogen-bond acceptors (Lipinski definition) is 3. The lowest BCUT2D eigenvalue weighted by atomic mass is 10.3. The van der Waals surface area contributed by atoms with Gasteiger partial charge in [-0.15, -0.1) is 0 Å². The molecule has 0 unspecified atom stereocenters. The SMILES string of the molecule is COc1cc(OCCCC(=O)O)ccc1Br. The molecular formula is C11H13BrO4. The predicted octanol–water partition coefficient (Wildman–Crippen LogP) is 2.70. The Hall–Kier alpha value is -1.23. The summed E-state index contributed by atoms with van der Waals surface area (Å²) in [6.07, 6.45) is 0.612. The third kappa shape index (κ3) is 4.10. The van der Waals surface area contributed by atoms with Gasteiger partial charge in [0.1, 0.15) is 11.5 Å².